The molecule has 3 heterocycles. The van der Waals surface area contributed by atoms with Crippen LogP contribution in [0, 0.1) is 13.8 Å². The van der Waals surface area contributed by atoms with Crippen LogP contribution in [0.3, 0.4) is 0 Å². The number of aromatic nitrogens is 2. The standard InChI is InChI=1S/C43H40O5P2.C14H12N2.CHCl3.Cu.F6P/c1-43(2)37-9-7-11-39(49(33-21-13-29(44-3)14-22-33)34-23-15-30(45-4)16-24-34)41(37)48-42-38(43)10-8-12-40(42)50(35-25-17-31(46-5)18-26-35)36-27-19-32(47-6)20-28-36;1-9-3-5-11-7-8-12-6-4-10(2)16-14(12)13(11)15-9;2-1(3)4;;1-7(2,3,4,5)6/h7-28H,1-6H3;3-8H,1-2H3;1H;;/q;;;+1;-1/p+2. The summed E-state index contributed by atoms with van der Waals surface area (Å²) < 4.78 is 88.0. The van der Waals surface area contributed by atoms with Crippen molar-refractivity contribution in [2.75, 3.05) is 28.4 Å². The number of nitrogens with zero attached hydrogens (tertiary/aromatic N) is 2. The Morgan fingerprint density at radius 1 is 0.449 bits per heavy atom. The molecule has 0 bridgehead atoms. The summed E-state index contributed by atoms with van der Waals surface area (Å²) in [5.74, 6) is 5.24. The molecule has 0 amide bonds. The largest absolute Gasteiger partial charge is 1.00 e. The Morgan fingerprint density at radius 3 is 0.962 bits per heavy atom. The summed E-state index contributed by atoms with van der Waals surface area (Å²) in [4.78, 5) is 9.16. The first-order valence-corrected chi connectivity index (χ1v) is 30.0. The topological polar surface area (TPSA) is 71.9 Å². The van der Waals surface area contributed by atoms with E-state index >= 15 is 0 Å². The van der Waals surface area contributed by atoms with Crippen molar-refractivity contribution in [1.29, 1.82) is 0 Å². The van der Waals surface area contributed by atoms with Crippen molar-refractivity contribution >= 4 is 112 Å². The second kappa shape index (κ2) is 25.0. The van der Waals surface area contributed by atoms with Crippen LogP contribution in [0.25, 0.3) is 21.8 Å². The van der Waals surface area contributed by atoms with E-state index in [4.69, 9.17) is 58.5 Å². The Kier molecular flexibility index (Phi) is 19.8. The average molecular weight is 1240 g/mol. The van der Waals surface area contributed by atoms with E-state index in [1.165, 1.54) is 43.0 Å². The van der Waals surface area contributed by atoms with Gasteiger partial charge >= 0.3 is 50.1 Å². The quantitative estimate of drug-likeness (QED) is 0.0444. The molecule has 7 aromatic carbocycles. The van der Waals surface area contributed by atoms with Gasteiger partial charge in [-0.2, -0.15) is 0 Å². The third kappa shape index (κ3) is 16.1. The monoisotopic (exact) mass is 1230 g/mol. The number of para-hydroxylation sites is 2. The predicted molar refractivity (Wildman–Crippen MR) is 313 cm³/mol. The second-order valence-corrected chi connectivity index (χ2v) is 26.9. The van der Waals surface area contributed by atoms with Crippen LogP contribution in [0.4, 0.5) is 25.2 Å². The van der Waals surface area contributed by atoms with Crippen LogP contribution in [0.2, 0.25) is 0 Å². The Hall–Kier alpha value is -5.38. The molecule has 414 valence electrons. The van der Waals surface area contributed by atoms with Crippen LogP contribution in [-0.2, 0) is 22.5 Å². The molecule has 0 saturated carbocycles. The number of pyridine rings is 2. The molecule has 0 radical (unpaired) electrons. The minimum Gasteiger partial charge on any atom is 1.00 e. The van der Waals surface area contributed by atoms with E-state index in [0.29, 0.717) is 0 Å². The van der Waals surface area contributed by atoms with Crippen molar-refractivity contribution in [3.05, 3.63) is 192 Å². The van der Waals surface area contributed by atoms with Crippen molar-refractivity contribution in [3.8, 4) is 34.5 Å². The van der Waals surface area contributed by atoms with Gasteiger partial charge in [-0.25, -0.2) is 0 Å². The van der Waals surface area contributed by atoms with E-state index in [9.17, 15) is 25.2 Å². The molecule has 9 aromatic rings. The van der Waals surface area contributed by atoms with E-state index in [0.717, 1.165) is 67.7 Å². The smallest absolute Gasteiger partial charge is 1.00 e. The number of methoxy groups -OCH3 is 4. The summed E-state index contributed by atoms with van der Waals surface area (Å²) in [7, 11) is -6.89. The second-order valence-electron chi connectivity index (χ2n) is 18.1. The van der Waals surface area contributed by atoms with Crippen LogP contribution in [0.1, 0.15) is 36.4 Å². The van der Waals surface area contributed by atoms with Gasteiger partial charge < -0.3 is 23.7 Å². The van der Waals surface area contributed by atoms with Gasteiger partial charge in [0.05, 0.1) is 39.5 Å². The van der Waals surface area contributed by atoms with Gasteiger partial charge in [-0.3, -0.25) is 9.97 Å². The molecular weight excluding hydrogens is 1180 g/mol. The Labute approximate surface area is 477 Å². The number of fused-ring (bicyclic) bond motifs is 5. The zero-order valence-electron chi connectivity index (χ0n) is 43.3. The Balaban J connectivity index is 0.000000286. The maximum absolute atomic E-state index is 10.7. The van der Waals surface area contributed by atoms with Crippen molar-refractivity contribution in [2.24, 2.45) is 0 Å². The first-order chi connectivity index (χ1) is 36.3. The minimum atomic E-state index is -10.7. The third-order valence-electron chi connectivity index (χ3n) is 12.4. The first kappa shape index (κ1) is 61.8. The summed E-state index contributed by atoms with van der Waals surface area (Å²) in [6.07, 6.45) is 0. The van der Waals surface area contributed by atoms with Gasteiger partial charge in [-0.1, -0.05) is 97.2 Å². The van der Waals surface area contributed by atoms with Gasteiger partial charge in [0.25, 0.3) is 0 Å². The fourth-order valence-electron chi connectivity index (χ4n) is 8.87. The summed E-state index contributed by atoms with van der Waals surface area (Å²) in [6, 6.07) is 59.8. The van der Waals surface area contributed by atoms with E-state index in [2.05, 4.69) is 182 Å². The molecule has 10 rings (SSSR count). The number of hydrogen-bond donors (Lipinski definition) is 0. The van der Waals surface area contributed by atoms with Crippen molar-refractivity contribution in [1.82, 2.24) is 9.97 Å². The molecule has 0 fully saturated rings. The van der Waals surface area contributed by atoms with E-state index in [1.54, 1.807) is 28.4 Å². The fraction of sp³-hybridized carbons (Fsp3) is 0.172. The molecule has 78 heavy (non-hydrogen) atoms. The van der Waals surface area contributed by atoms with Gasteiger partial charge in [-0.15, -0.1) is 0 Å². The first-order valence-electron chi connectivity index (χ1n) is 23.7. The number of benzene rings is 7. The third-order valence-corrected chi connectivity index (χ3v) is 17.9. The van der Waals surface area contributed by atoms with Crippen LogP contribution in [0.15, 0.2) is 170 Å². The van der Waals surface area contributed by atoms with Crippen LogP contribution in [-0.4, -0.2) is 42.7 Å². The Bertz CT molecular complexity index is 3180. The number of halogens is 9. The van der Waals surface area contributed by atoms with E-state index in [-0.39, 0.29) is 22.5 Å². The van der Waals surface area contributed by atoms with Gasteiger partial charge in [0.15, 0.2) is 15.8 Å². The predicted octanol–water partition coefficient (Wildman–Crippen LogP) is 15.9. The average Bonchev–Trinajstić information content (AvgIpc) is 3.51. The van der Waals surface area contributed by atoms with Crippen LogP contribution < -0.4 is 55.5 Å². The molecule has 0 aliphatic carbocycles. The van der Waals surface area contributed by atoms with Crippen molar-refractivity contribution in [3.63, 3.8) is 0 Å². The zero-order valence-corrected chi connectivity index (χ0v) is 49.4. The molecule has 1 aliphatic heterocycles. The number of aryl methyl sites for hydroxylation is 2. The summed E-state index contributed by atoms with van der Waals surface area (Å²) in [6.45, 7) is 8.66. The SMILES string of the molecule is COc1ccc([PH+](c2ccc(OC)cc2)c2cccc3c2Oc2c([PH+](c4ccc(OC)cc4)c4ccc(OC)cc4)cccc2C3(C)C)cc1.Cc1ccc2ccc3ccc(C)nc3c2n1.ClC(Cl)Cl.F[P-](F)(F)(F)(F)F.[Cu+]. The fourth-order valence-corrected chi connectivity index (χ4v) is 14.1. The molecule has 1 aliphatic rings. The normalized spacial score (nSPS) is 13.1. The molecule has 0 unspecified atom stereocenters. The number of ether oxygens (including phenoxy) is 5. The van der Waals surface area contributed by atoms with Gasteiger partial charge in [-0.05, 0) is 135 Å². The molecule has 20 heteroatoms. The van der Waals surface area contributed by atoms with Gasteiger partial charge in [0, 0.05) is 38.7 Å². The number of rotatable bonds is 10. The molecular formula is C58H55Cl3CuF6N2O5P3+2. The maximum atomic E-state index is 9.87. The number of hydrogen-bond acceptors (Lipinski definition) is 7. The molecule has 0 saturated heterocycles. The van der Waals surface area contributed by atoms with Gasteiger partial charge in [0.2, 0.25) is 0 Å². The van der Waals surface area contributed by atoms with Crippen molar-refractivity contribution in [2.45, 2.75) is 37.4 Å². The summed E-state index contributed by atoms with van der Waals surface area (Å²) in [5, 5.41) is 9.70. The van der Waals surface area contributed by atoms with Gasteiger partial charge in [0.1, 0.15) is 70.7 Å². The van der Waals surface area contributed by atoms with Crippen molar-refractivity contribution < 1.29 is 65.9 Å². The molecule has 7 nitrogen and oxygen atoms in total. The van der Waals surface area contributed by atoms with Crippen LogP contribution in [0.5, 0.6) is 34.5 Å². The minimum absolute atomic E-state index is 0. The van der Waals surface area contributed by atoms with E-state index < -0.39 is 27.9 Å². The number of alkyl halides is 3. The summed E-state index contributed by atoms with van der Waals surface area (Å²) >= 11 is 14.4. The zero-order chi connectivity index (χ0) is 55.9. The molecule has 0 atom stereocenters. The van der Waals surface area contributed by atoms with Crippen LogP contribution >= 0.6 is 58.5 Å². The molecule has 0 N–H and O–H groups in total. The maximum Gasteiger partial charge on any atom is 1.00 e. The molecule has 2 aromatic heterocycles. The Morgan fingerprint density at radius 2 is 0.705 bits per heavy atom. The summed E-state index contributed by atoms with van der Waals surface area (Å²) in [5.41, 5.74) is 6.13. The van der Waals surface area contributed by atoms with E-state index in [1.807, 2.05) is 26.0 Å². The molecule has 0 spiro atoms.